The first-order valence-electron chi connectivity index (χ1n) is 10.1. The van der Waals surface area contributed by atoms with Crippen LogP contribution in [0.2, 0.25) is 0 Å². The van der Waals surface area contributed by atoms with E-state index in [-0.39, 0.29) is 12.4 Å². The van der Waals surface area contributed by atoms with Crippen molar-refractivity contribution >= 4 is 11.9 Å². The Hall–Kier alpha value is -2.14. The molecule has 0 aliphatic rings. The Kier molecular flexibility index (Phi) is 14.7. The molecule has 0 radical (unpaired) electrons. The lowest BCUT2D eigenvalue weighted by Crippen LogP contribution is -2.43. The number of hydrogen-bond acceptors (Lipinski definition) is 3. The largest absolute Gasteiger partial charge is 0.481 e. The lowest BCUT2D eigenvalue weighted by Gasteiger charge is -2.28. The average molecular weight is 393 g/mol. The molecule has 28 heavy (non-hydrogen) atoms. The van der Waals surface area contributed by atoms with Crippen LogP contribution < -0.4 is 0 Å². The van der Waals surface area contributed by atoms with Gasteiger partial charge in [0.2, 0.25) is 0 Å². The Bertz CT molecular complexity index is 553. The van der Waals surface area contributed by atoms with Crippen LogP contribution in [0.15, 0.2) is 48.6 Å². The predicted molar refractivity (Wildman–Crippen MR) is 115 cm³/mol. The van der Waals surface area contributed by atoms with Crippen molar-refractivity contribution in [2.24, 2.45) is 0 Å². The van der Waals surface area contributed by atoms with Gasteiger partial charge in [-0.3, -0.25) is 9.59 Å². The third kappa shape index (κ3) is 18.6. The molecule has 0 heterocycles. The number of nitrogens with zero attached hydrogens (tertiary/aromatic N) is 1. The van der Waals surface area contributed by atoms with Gasteiger partial charge in [-0.25, -0.2) is 0 Å². The molecule has 0 aromatic carbocycles. The van der Waals surface area contributed by atoms with Crippen LogP contribution in [-0.2, 0) is 14.3 Å². The molecule has 0 rings (SSSR count). The van der Waals surface area contributed by atoms with Crippen molar-refractivity contribution in [1.29, 1.82) is 0 Å². The summed E-state index contributed by atoms with van der Waals surface area (Å²) in [5.41, 5.74) is 0. The van der Waals surface area contributed by atoms with Gasteiger partial charge in [0, 0.05) is 6.42 Å². The van der Waals surface area contributed by atoms with Gasteiger partial charge in [0.05, 0.1) is 27.6 Å². The van der Waals surface area contributed by atoms with Gasteiger partial charge in [0.15, 0.2) is 6.10 Å². The summed E-state index contributed by atoms with van der Waals surface area (Å²) in [6, 6.07) is 0. The number of likely N-dealkylation sites (N-methyl/N-ethyl adjacent to an activating group) is 1. The van der Waals surface area contributed by atoms with Crippen molar-refractivity contribution in [3.8, 4) is 0 Å². The first kappa shape index (κ1) is 25.9. The van der Waals surface area contributed by atoms with Gasteiger partial charge in [-0.1, -0.05) is 62.0 Å². The monoisotopic (exact) mass is 392 g/mol. The molecule has 0 amide bonds. The average Bonchev–Trinajstić information content (AvgIpc) is 2.56. The number of allylic oxidation sites excluding steroid dienone is 8. The molecule has 5 heteroatoms. The van der Waals surface area contributed by atoms with E-state index in [4.69, 9.17) is 9.84 Å². The summed E-state index contributed by atoms with van der Waals surface area (Å²) in [7, 11) is 5.85. The van der Waals surface area contributed by atoms with E-state index in [1.807, 2.05) is 57.6 Å². The maximum Gasteiger partial charge on any atom is 0.307 e. The van der Waals surface area contributed by atoms with E-state index in [1.54, 1.807) is 0 Å². The van der Waals surface area contributed by atoms with Gasteiger partial charge in [-0.05, 0) is 25.7 Å². The molecule has 0 bridgehead atoms. The van der Waals surface area contributed by atoms with Crippen LogP contribution >= 0.6 is 0 Å². The van der Waals surface area contributed by atoms with Crippen molar-refractivity contribution in [2.45, 2.75) is 58.0 Å². The summed E-state index contributed by atoms with van der Waals surface area (Å²) in [6.45, 7) is 2.59. The SMILES string of the molecule is CC/C=C/C=C/C=C\C=C/CCCCCC(=O)OC(CC(=O)O)C[N+](C)(C)C. The zero-order chi connectivity index (χ0) is 21.3. The number of carboxylic acids is 1. The standard InChI is InChI=1S/C23H37NO4/c1-5-6-7-8-9-10-11-12-13-14-15-16-17-18-23(27)28-21(19-22(25)26)20-24(2,3)4/h6-13,21H,5,14-20H2,1-4H3/p+1/b7-6+,9-8+,11-10-,13-12-. The number of unbranched alkanes of at least 4 members (excludes halogenated alkanes) is 3. The molecule has 0 aliphatic heterocycles. The zero-order valence-corrected chi connectivity index (χ0v) is 18.0. The molecular formula is C23H38NO4+. The molecule has 0 saturated carbocycles. The molecule has 0 spiro atoms. The van der Waals surface area contributed by atoms with Gasteiger partial charge in [-0.2, -0.15) is 0 Å². The van der Waals surface area contributed by atoms with Crippen molar-refractivity contribution in [2.75, 3.05) is 27.7 Å². The van der Waals surface area contributed by atoms with Crippen molar-refractivity contribution in [3.63, 3.8) is 0 Å². The second kappa shape index (κ2) is 15.9. The maximum atomic E-state index is 12.0. The van der Waals surface area contributed by atoms with Crippen molar-refractivity contribution < 1.29 is 23.9 Å². The lowest BCUT2D eigenvalue weighted by atomic mass is 10.1. The number of rotatable bonds is 15. The topological polar surface area (TPSA) is 63.6 Å². The first-order valence-corrected chi connectivity index (χ1v) is 10.1. The van der Waals surface area contributed by atoms with E-state index in [0.717, 1.165) is 32.1 Å². The highest BCUT2D eigenvalue weighted by Crippen LogP contribution is 2.09. The van der Waals surface area contributed by atoms with Crippen LogP contribution in [0.3, 0.4) is 0 Å². The van der Waals surface area contributed by atoms with Crippen LogP contribution in [0.1, 0.15) is 51.9 Å². The number of esters is 1. The van der Waals surface area contributed by atoms with Crippen LogP contribution in [0.25, 0.3) is 0 Å². The number of aliphatic carboxylic acids is 1. The number of ether oxygens (including phenoxy) is 1. The quantitative estimate of drug-likeness (QED) is 0.190. The van der Waals surface area contributed by atoms with E-state index in [2.05, 4.69) is 19.1 Å². The Morgan fingerprint density at radius 3 is 2.11 bits per heavy atom. The summed E-state index contributed by atoms with van der Waals surface area (Å²) in [4.78, 5) is 22.9. The third-order valence-electron chi connectivity index (χ3n) is 3.77. The van der Waals surface area contributed by atoms with Gasteiger partial charge in [0.1, 0.15) is 6.54 Å². The molecule has 0 fully saturated rings. The number of hydrogen-bond donors (Lipinski definition) is 1. The molecule has 0 saturated heterocycles. The lowest BCUT2D eigenvalue weighted by molar-refractivity contribution is -0.873. The van der Waals surface area contributed by atoms with Crippen molar-refractivity contribution in [3.05, 3.63) is 48.6 Å². The Morgan fingerprint density at radius 2 is 1.54 bits per heavy atom. The molecule has 1 unspecified atom stereocenters. The van der Waals surface area contributed by atoms with Gasteiger partial charge < -0.3 is 14.3 Å². The highest BCUT2D eigenvalue weighted by atomic mass is 16.5. The summed E-state index contributed by atoms with van der Waals surface area (Å²) in [6.07, 6.45) is 20.7. The van der Waals surface area contributed by atoms with Crippen molar-refractivity contribution in [1.82, 2.24) is 0 Å². The second-order valence-electron chi connectivity index (χ2n) is 7.82. The Labute approximate surface area is 170 Å². The number of carbonyl (C=O) groups excluding carboxylic acids is 1. The smallest absolute Gasteiger partial charge is 0.307 e. The fraction of sp³-hybridized carbons (Fsp3) is 0.565. The highest BCUT2D eigenvalue weighted by molar-refractivity contribution is 5.71. The first-order chi connectivity index (χ1) is 13.2. The molecule has 158 valence electrons. The molecular weight excluding hydrogens is 354 g/mol. The fourth-order valence-corrected chi connectivity index (χ4v) is 2.55. The number of carboxylic acid groups (broad SMARTS) is 1. The van der Waals surface area contributed by atoms with Gasteiger partial charge in [0.25, 0.3) is 0 Å². The molecule has 5 nitrogen and oxygen atoms in total. The minimum atomic E-state index is -0.944. The Balaban J connectivity index is 3.94. The fourth-order valence-electron chi connectivity index (χ4n) is 2.55. The second-order valence-corrected chi connectivity index (χ2v) is 7.82. The minimum absolute atomic E-state index is 0.149. The Morgan fingerprint density at radius 1 is 0.929 bits per heavy atom. The summed E-state index contributed by atoms with van der Waals surface area (Å²) in [5, 5.41) is 8.98. The molecule has 0 aromatic heterocycles. The van der Waals surface area contributed by atoms with Crippen LogP contribution in [-0.4, -0.2) is 55.3 Å². The van der Waals surface area contributed by atoms with Crippen LogP contribution in [0.5, 0.6) is 0 Å². The zero-order valence-electron chi connectivity index (χ0n) is 18.0. The van der Waals surface area contributed by atoms with E-state index in [1.165, 1.54) is 0 Å². The number of carbonyl (C=O) groups is 2. The van der Waals surface area contributed by atoms with E-state index in [0.29, 0.717) is 17.4 Å². The molecule has 0 aliphatic carbocycles. The van der Waals surface area contributed by atoms with E-state index >= 15 is 0 Å². The van der Waals surface area contributed by atoms with Gasteiger partial charge in [-0.15, -0.1) is 0 Å². The third-order valence-corrected chi connectivity index (χ3v) is 3.77. The summed E-state index contributed by atoms with van der Waals surface area (Å²) < 4.78 is 5.93. The van der Waals surface area contributed by atoms with E-state index < -0.39 is 12.1 Å². The van der Waals surface area contributed by atoms with Crippen LogP contribution in [0, 0.1) is 0 Å². The van der Waals surface area contributed by atoms with Gasteiger partial charge >= 0.3 is 11.9 Å². The normalized spacial score (nSPS) is 13.9. The highest BCUT2D eigenvalue weighted by Gasteiger charge is 2.24. The van der Waals surface area contributed by atoms with Crippen LogP contribution in [0.4, 0.5) is 0 Å². The summed E-state index contributed by atoms with van der Waals surface area (Å²) >= 11 is 0. The molecule has 1 N–H and O–H groups in total. The maximum absolute atomic E-state index is 12.0. The number of quaternary nitrogens is 1. The minimum Gasteiger partial charge on any atom is -0.481 e. The molecule has 1 atom stereocenters. The molecule has 0 aromatic rings. The predicted octanol–water partition coefficient (Wildman–Crippen LogP) is 4.66. The summed E-state index contributed by atoms with van der Waals surface area (Å²) in [5.74, 6) is -1.25. The van der Waals surface area contributed by atoms with E-state index in [9.17, 15) is 9.59 Å².